The van der Waals surface area contributed by atoms with Gasteiger partial charge in [0.25, 0.3) is 0 Å². The van der Waals surface area contributed by atoms with Gasteiger partial charge in [-0.2, -0.15) is 0 Å². The van der Waals surface area contributed by atoms with Gasteiger partial charge in [-0.15, -0.1) is 0 Å². The zero-order chi connectivity index (χ0) is 11.1. The van der Waals surface area contributed by atoms with Crippen LogP contribution in [-0.2, 0) is 0 Å². The van der Waals surface area contributed by atoms with E-state index >= 15 is 0 Å². The topological polar surface area (TPSA) is 0 Å². The van der Waals surface area contributed by atoms with Gasteiger partial charge in [0.15, 0.2) is 0 Å². The van der Waals surface area contributed by atoms with Crippen molar-refractivity contribution in [2.75, 3.05) is 0 Å². The normalized spacial score (nSPS) is 11.1. The molecule has 0 aliphatic rings. The molecule has 0 amide bonds. The summed E-state index contributed by atoms with van der Waals surface area (Å²) in [5.74, 6) is 0. The smallest absolute Gasteiger partial charge is 0.0253 e. The predicted octanol–water partition coefficient (Wildman–Crippen LogP) is 5.52. The molecule has 0 saturated heterocycles. The molecule has 0 bridgehead atoms. The third-order valence-corrected chi connectivity index (χ3v) is 3.97. The quantitative estimate of drug-likeness (QED) is 0.474. The maximum atomic E-state index is 3.59. The highest BCUT2D eigenvalue weighted by Gasteiger charge is 2.03. The third kappa shape index (κ3) is 1.57. The minimum absolute atomic E-state index is 1.12. The zero-order valence-electron chi connectivity index (χ0n) is 8.37. The number of hydrogen-bond donors (Lipinski definition) is 0. The lowest BCUT2D eigenvalue weighted by Gasteiger charge is -2.05. The summed E-state index contributed by atoms with van der Waals surface area (Å²) < 4.78 is 2.26. The van der Waals surface area contributed by atoms with Crippen LogP contribution in [0.25, 0.3) is 21.5 Å². The summed E-state index contributed by atoms with van der Waals surface area (Å²) >= 11 is 7.11. The second kappa shape index (κ2) is 3.86. The highest BCUT2D eigenvalue weighted by molar-refractivity contribution is 9.11. The van der Waals surface area contributed by atoms with Gasteiger partial charge in [-0.3, -0.25) is 0 Å². The van der Waals surface area contributed by atoms with E-state index in [1.54, 1.807) is 0 Å². The lowest BCUT2D eigenvalue weighted by atomic mass is 10.0. The van der Waals surface area contributed by atoms with E-state index in [-0.39, 0.29) is 0 Å². The molecule has 0 unspecified atom stereocenters. The van der Waals surface area contributed by atoms with Crippen LogP contribution in [0.5, 0.6) is 0 Å². The summed E-state index contributed by atoms with van der Waals surface area (Å²) in [6.07, 6.45) is 0. The van der Waals surface area contributed by atoms with Gasteiger partial charge in [0.05, 0.1) is 0 Å². The van der Waals surface area contributed by atoms with Crippen LogP contribution in [-0.4, -0.2) is 0 Å². The molecule has 0 atom stereocenters. The van der Waals surface area contributed by atoms with Gasteiger partial charge in [0.2, 0.25) is 0 Å². The van der Waals surface area contributed by atoms with Crippen molar-refractivity contribution in [2.24, 2.45) is 0 Å². The second-order valence-corrected chi connectivity index (χ2v) is 5.54. The zero-order valence-corrected chi connectivity index (χ0v) is 11.5. The predicted molar refractivity (Wildman–Crippen MR) is 76.9 cm³/mol. The molecule has 0 N–H and O–H groups in total. The SMILES string of the molecule is Brc1ccc2ccc3c(Br)cccc3c2c1. The lowest BCUT2D eigenvalue weighted by Crippen LogP contribution is -1.78. The molecule has 0 aromatic heterocycles. The molecule has 3 aromatic carbocycles. The molecule has 0 spiro atoms. The molecule has 16 heavy (non-hydrogen) atoms. The van der Waals surface area contributed by atoms with Crippen LogP contribution in [0.2, 0.25) is 0 Å². The van der Waals surface area contributed by atoms with Crippen molar-refractivity contribution in [2.45, 2.75) is 0 Å². The fourth-order valence-corrected chi connectivity index (χ4v) is 2.88. The Bertz CT molecular complexity index is 687. The first-order valence-electron chi connectivity index (χ1n) is 5.02. The van der Waals surface area contributed by atoms with Gasteiger partial charge in [0.1, 0.15) is 0 Å². The molecule has 3 aromatic rings. The van der Waals surface area contributed by atoms with Crippen LogP contribution in [0.4, 0.5) is 0 Å². The Balaban J connectivity index is 2.58. The summed E-state index contributed by atoms with van der Waals surface area (Å²) in [5.41, 5.74) is 0. The van der Waals surface area contributed by atoms with Crippen molar-refractivity contribution in [1.29, 1.82) is 0 Å². The van der Waals surface area contributed by atoms with E-state index < -0.39 is 0 Å². The summed E-state index contributed by atoms with van der Waals surface area (Å²) in [6, 6.07) is 17.0. The highest BCUT2D eigenvalue weighted by Crippen LogP contribution is 2.31. The second-order valence-electron chi connectivity index (χ2n) is 3.77. The summed E-state index contributed by atoms with van der Waals surface area (Å²) in [6.45, 7) is 0. The van der Waals surface area contributed by atoms with Crippen molar-refractivity contribution in [1.82, 2.24) is 0 Å². The molecule has 0 saturated carbocycles. The molecule has 0 radical (unpaired) electrons. The molecule has 0 nitrogen and oxygen atoms in total. The standard InChI is InChI=1S/C14H8Br2/c15-10-6-4-9-5-7-12-11(13(9)8-10)2-1-3-14(12)16/h1-8H. The van der Waals surface area contributed by atoms with Gasteiger partial charge in [0, 0.05) is 8.95 Å². The lowest BCUT2D eigenvalue weighted by molar-refractivity contribution is 1.70. The van der Waals surface area contributed by atoms with E-state index in [1.165, 1.54) is 21.5 Å². The number of hydrogen-bond acceptors (Lipinski definition) is 0. The van der Waals surface area contributed by atoms with Gasteiger partial charge in [-0.25, -0.2) is 0 Å². The van der Waals surface area contributed by atoms with Gasteiger partial charge in [-0.05, 0) is 39.7 Å². The van der Waals surface area contributed by atoms with E-state index in [0.29, 0.717) is 0 Å². The summed E-state index contributed by atoms with van der Waals surface area (Å²) in [4.78, 5) is 0. The molecule has 2 heteroatoms. The van der Waals surface area contributed by atoms with Crippen LogP contribution in [0, 0.1) is 0 Å². The highest BCUT2D eigenvalue weighted by atomic mass is 79.9. The number of benzene rings is 3. The first kappa shape index (κ1) is 10.3. The molecular weight excluding hydrogens is 328 g/mol. The average Bonchev–Trinajstić information content (AvgIpc) is 2.29. The summed E-state index contributed by atoms with van der Waals surface area (Å²) in [5, 5.41) is 5.10. The van der Waals surface area contributed by atoms with Crippen molar-refractivity contribution >= 4 is 53.4 Å². The van der Waals surface area contributed by atoms with Crippen LogP contribution in [0.1, 0.15) is 0 Å². The fourth-order valence-electron chi connectivity index (χ4n) is 2.02. The Morgan fingerprint density at radius 1 is 0.688 bits per heavy atom. The van der Waals surface area contributed by atoms with Gasteiger partial charge >= 0.3 is 0 Å². The first-order valence-corrected chi connectivity index (χ1v) is 6.61. The monoisotopic (exact) mass is 334 g/mol. The van der Waals surface area contributed by atoms with Crippen LogP contribution in [0.15, 0.2) is 57.5 Å². The van der Waals surface area contributed by atoms with Crippen molar-refractivity contribution < 1.29 is 0 Å². The van der Waals surface area contributed by atoms with Gasteiger partial charge < -0.3 is 0 Å². The number of halogens is 2. The van der Waals surface area contributed by atoms with E-state index in [4.69, 9.17) is 0 Å². The van der Waals surface area contributed by atoms with Crippen molar-refractivity contribution in [3.05, 3.63) is 57.5 Å². The minimum atomic E-state index is 1.12. The Morgan fingerprint density at radius 3 is 2.38 bits per heavy atom. The summed E-state index contributed by atoms with van der Waals surface area (Å²) in [7, 11) is 0. The van der Waals surface area contributed by atoms with Crippen LogP contribution < -0.4 is 0 Å². The largest absolute Gasteiger partial charge is 0.0605 e. The van der Waals surface area contributed by atoms with Crippen molar-refractivity contribution in [3.63, 3.8) is 0 Å². The maximum absolute atomic E-state index is 3.59. The van der Waals surface area contributed by atoms with Crippen LogP contribution in [0.3, 0.4) is 0 Å². The molecule has 0 aliphatic heterocycles. The van der Waals surface area contributed by atoms with Gasteiger partial charge in [-0.1, -0.05) is 62.2 Å². The Morgan fingerprint density at radius 2 is 1.50 bits per heavy atom. The minimum Gasteiger partial charge on any atom is -0.0605 e. The van der Waals surface area contributed by atoms with E-state index in [2.05, 4.69) is 80.4 Å². The molecular formula is C14H8Br2. The Labute approximate surface area is 111 Å². The fraction of sp³-hybridized carbons (Fsp3) is 0. The molecule has 0 heterocycles. The Kier molecular flexibility index (Phi) is 2.49. The van der Waals surface area contributed by atoms with E-state index in [0.717, 1.165) is 8.95 Å². The first-order chi connectivity index (χ1) is 7.75. The average molecular weight is 336 g/mol. The molecule has 0 fully saturated rings. The Hall–Kier alpha value is -0.860. The van der Waals surface area contributed by atoms with E-state index in [1.807, 2.05) is 0 Å². The number of rotatable bonds is 0. The molecule has 3 rings (SSSR count). The van der Waals surface area contributed by atoms with Crippen molar-refractivity contribution in [3.8, 4) is 0 Å². The molecule has 78 valence electrons. The maximum Gasteiger partial charge on any atom is 0.0253 e. The number of fused-ring (bicyclic) bond motifs is 3. The molecule has 0 aliphatic carbocycles. The van der Waals surface area contributed by atoms with E-state index in [9.17, 15) is 0 Å². The third-order valence-electron chi connectivity index (χ3n) is 2.79. The van der Waals surface area contributed by atoms with Crippen LogP contribution >= 0.6 is 31.9 Å².